The Bertz CT molecular complexity index is 444. The predicted molar refractivity (Wildman–Crippen MR) is 80.3 cm³/mol. The molecule has 1 N–H and O–H groups in total. The van der Waals surface area contributed by atoms with Crippen LogP contribution in [0.5, 0.6) is 0 Å². The van der Waals surface area contributed by atoms with E-state index >= 15 is 0 Å². The van der Waals surface area contributed by atoms with Crippen LogP contribution >= 0.6 is 0 Å². The van der Waals surface area contributed by atoms with Crippen molar-refractivity contribution < 1.29 is 0 Å². The first-order valence-electron chi connectivity index (χ1n) is 7.60. The molecule has 1 heterocycles. The van der Waals surface area contributed by atoms with Crippen molar-refractivity contribution in [2.24, 2.45) is 5.92 Å². The fraction of sp³-hybridized carbons (Fsp3) is 0.647. The Balaban J connectivity index is 1.68. The molecule has 1 aromatic carbocycles. The Labute approximate surface area is 117 Å². The summed E-state index contributed by atoms with van der Waals surface area (Å²) in [4.78, 5) is 2.63. The second kappa shape index (κ2) is 4.92. The Morgan fingerprint density at radius 3 is 2.53 bits per heavy atom. The Kier molecular flexibility index (Phi) is 3.40. The van der Waals surface area contributed by atoms with Crippen molar-refractivity contribution in [3.8, 4) is 0 Å². The van der Waals surface area contributed by atoms with Crippen molar-refractivity contribution in [3.05, 3.63) is 34.9 Å². The number of hydrogen-bond acceptors (Lipinski definition) is 2. The zero-order chi connectivity index (χ0) is 13.5. The van der Waals surface area contributed by atoms with Gasteiger partial charge in [0.2, 0.25) is 0 Å². The van der Waals surface area contributed by atoms with Crippen LogP contribution in [0.4, 0.5) is 0 Å². The van der Waals surface area contributed by atoms with E-state index in [1.54, 1.807) is 0 Å². The second-order valence-electron chi connectivity index (χ2n) is 6.83. The van der Waals surface area contributed by atoms with Crippen molar-refractivity contribution in [1.82, 2.24) is 10.2 Å². The van der Waals surface area contributed by atoms with Crippen molar-refractivity contribution in [2.45, 2.75) is 45.7 Å². The molecule has 104 valence electrons. The zero-order valence-corrected chi connectivity index (χ0v) is 12.5. The average Bonchev–Trinajstić information content (AvgIpc) is 3.11. The lowest BCUT2D eigenvalue weighted by Crippen LogP contribution is -2.59. The third-order valence-corrected chi connectivity index (χ3v) is 4.67. The Hall–Kier alpha value is -0.860. The Morgan fingerprint density at radius 2 is 1.89 bits per heavy atom. The first-order valence-corrected chi connectivity index (χ1v) is 7.60. The van der Waals surface area contributed by atoms with Crippen molar-refractivity contribution >= 4 is 0 Å². The number of rotatable bonds is 3. The standard InChI is InChI=1S/C17H26N2/c1-13-8-14(2)10-15(9-13)11-19-7-6-18-17(3,12-19)16-4-5-16/h8-10,16,18H,4-7,11-12H2,1-3H3. The molecule has 0 spiro atoms. The normalized spacial score (nSPS) is 28.6. The highest BCUT2D eigenvalue weighted by Crippen LogP contribution is 2.40. The van der Waals surface area contributed by atoms with Gasteiger partial charge in [-0.1, -0.05) is 29.3 Å². The van der Waals surface area contributed by atoms with Gasteiger partial charge in [0.05, 0.1) is 0 Å². The van der Waals surface area contributed by atoms with Crippen LogP contribution in [-0.4, -0.2) is 30.1 Å². The van der Waals surface area contributed by atoms with Gasteiger partial charge in [0.1, 0.15) is 0 Å². The summed E-state index contributed by atoms with van der Waals surface area (Å²) in [6.07, 6.45) is 2.84. The largest absolute Gasteiger partial charge is 0.309 e. The lowest BCUT2D eigenvalue weighted by Gasteiger charge is -2.42. The molecule has 2 aliphatic rings. The quantitative estimate of drug-likeness (QED) is 0.897. The zero-order valence-electron chi connectivity index (χ0n) is 12.5. The van der Waals surface area contributed by atoms with Crippen molar-refractivity contribution in [1.29, 1.82) is 0 Å². The number of hydrogen-bond donors (Lipinski definition) is 1. The summed E-state index contributed by atoms with van der Waals surface area (Å²) in [6.45, 7) is 11.4. The molecule has 0 amide bonds. The minimum atomic E-state index is 0.358. The number of nitrogens with zero attached hydrogens (tertiary/aromatic N) is 1. The van der Waals surface area contributed by atoms with Crippen LogP contribution in [0, 0.1) is 19.8 Å². The van der Waals surface area contributed by atoms with Gasteiger partial charge in [-0.3, -0.25) is 4.90 Å². The predicted octanol–water partition coefficient (Wildman–Crippen LogP) is 2.88. The summed E-state index contributed by atoms with van der Waals surface area (Å²) < 4.78 is 0. The van der Waals surface area contributed by atoms with Crippen LogP contribution < -0.4 is 5.32 Å². The molecule has 19 heavy (non-hydrogen) atoms. The van der Waals surface area contributed by atoms with E-state index in [0.29, 0.717) is 5.54 Å². The number of piperazine rings is 1. The first-order chi connectivity index (χ1) is 9.05. The van der Waals surface area contributed by atoms with Crippen molar-refractivity contribution in [2.75, 3.05) is 19.6 Å². The molecule has 0 bridgehead atoms. The molecule has 0 aromatic heterocycles. The van der Waals surface area contributed by atoms with Crippen LogP contribution in [0.1, 0.15) is 36.5 Å². The van der Waals surface area contributed by atoms with Crippen LogP contribution in [0.2, 0.25) is 0 Å². The van der Waals surface area contributed by atoms with E-state index in [1.165, 1.54) is 42.6 Å². The summed E-state index contributed by atoms with van der Waals surface area (Å²) in [7, 11) is 0. The summed E-state index contributed by atoms with van der Waals surface area (Å²) >= 11 is 0. The van der Waals surface area contributed by atoms with Gasteiger partial charge >= 0.3 is 0 Å². The summed E-state index contributed by atoms with van der Waals surface area (Å²) in [5.41, 5.74) is 4.60. The number of benzene rings is 1. The minimum absolute atomic E-state index is 0.358. The lowest BCUT2D eigenvalue weighted by atomic mass is 9.92. The van der Waals surface area contributed by atoms with E-state index < -0.39 is 0 Å². The third kappa shape index (κ3) is 3.01. The smallest absolute Gasteiger partial charge is 0.0309 e. The molecule has 3 rings (SSSR count). The number of aryl methyl sites for hydroxylation is 2. The van der Waals surface area contributed by atoms with Crippen molar-refractivity contribution in [3.63, 3.8) is 0 Å². The summed E-state index contributed by atoms with van der Waals surface area (Å²) in [5.74, 6) is 0.912. The first kappa shape index (κ1) is 13.1. The fourth-order valence-electron chi connectivity index (χ4n) is 3.65. The maximum Gasteiger partial charge on any atom is 0.0309 e. The molecule has 2 heteroatoms. The minimum Gasteiger partial charge on any atom is -0.309 e. The molecule has 2 fully saturated rings. The van der Waals surface area contributed by atoms with E-state index in [1.807, 2.05) is 0 Å². The molecule has 1 unspecified atom stereocenters. The molecule has 1 saturated heterocycles. The van der Waals surface area contributed by atoms with Gasteiger partial charge in [0.25, 0.3) is 0 Å². The highest BCUT2D eigenvalue weighted by molar-refractivity contribution is 5.28. The molecule has 1 saturated carbocycles. The van der Waals surface area contributed by atoms with Crippen LogP contribution in [0.3, 0.4) is 0 Å². The van der Waals surface area contributed by atoms with E-state index in [0.717, 1.165) is 19.0 Å². The summed E-state index contributed by atoms with van der Waals surface area (Å²) in [6, 6.07) is 6.93. The van der Waals surface area contributed by atoms with Gasteiger partial charge in [0.15, 0.2) is 0 Å². The Morgan fingerprint density at radius 1 is 1.21 bits per heavy atom. The van der Waals surface area contributed by atoms with Gasteiger partial charge < -0.3 is 5.32 Å². The highest BCUT2D eigenvalue weighted by Gasteiger charge is 2.43. The maximum atomic E-state index is 3.75. The van der Waals surface area contributed by atoms with Crippen LogP contribution in [0.25, 0.3) is 0 Å². The third-order valence-electron chi connectivity index (χ3n) is 4.67. The van der Waals surface area contributed by atoms with Crippen LogP contribution in [0.15, 0.2) is 18.2 Å². The molecule has 1 aromatic rings. The van der Waals surface area contributed by atoms with Gasteiger partial charge in [0, 0.05) is 31.7 Å². The molecular formula is C17H26N2. The number of nitrogens with one attached hydrogen (secondary N) is 1. The second-order valence-corrected chi connectivity index (χ2v) is 6.83. The van der Waals surface area contributed by atoms with Gasteiger partial charge in [-0.25, -0.2) is 0 Å². The highest BCUT2D eigenvalue weighted by atomic mass is 15.2. The van der Waals surface area contributed by atoms with Gasteiger partial charge in [-0.2, -0.15) is 0 Å². The molecule has 1 aliphatic heterocycles. The molecular weight excluding hydrogens is 232 g/mol. The fourth-order valence-corrected chi connectivity index (χ4v) is 3.65. The van der Waals surface area contributed by atoms with Gasteiger partial charge in [-0.05, 0) is 45.1 Å². The molecule has 1 atom stereocenters. The maximum absolute atomic E-state index is 3.75. The topological polar surface area (TPSA) is 15.3 Å². The molecule has 1 aliphatic carbocycles. The monoisotopic (exact) mass is 258 g/mol. The average molecular weight is 258 g/mol. The van der Waals surface area contributed by atoms with E-state index in [-0.39, 0.29) is 0 Å². The van der Waals surface area contributed by atoms with E-state index in [4.69, 9.17) is 0 Å². The summed E-state index contributed by atoms with van der Waals surface area (Å²) in [5, 5.41) is 3.75. The SMILES string of the molecule is Cc1cc(C)cc(CN2CCNC(C)(C3CC3)C2)c1. The molecule has 2 nitrogen and oxygen atoms in total. The molecule has 0 radical (unpaired) electrons. The van der Waals surface area contributed by atoms with Gasteiger partial charge in [-0.15, -0.1) is 0 Å². The lowest BCUT2D eigenvalue weighted by molar-refractivity contribution is 0.121. The van der Waals surface area contributed by atoms with E-state index in [9.17, 15) is 0 Å². The van der Waals surface area contributed by atoms with E-state index in [2.05, 4.69) is 49.2 Å². The van der Waals surface area contributed by atoms with Crippen LogP contribution in [-0.2, 0) is 6.54 Å².